The molecule has 3 saturated carbocycles. The van der Waals surface area contributed by atoms with Crippen molar-refractivity contribution >= 4 is 5.91 Å². The summed E-state index contributed by atoms with van der Waals surface area (Å²) in [5, 5.41) is 21.0. The fraction of sp³-hybridized carbons (Fsp3) is 0.808. The number of hydrogen-bond donors (Lipinski definition) is 2. The van der Waals surface area contributed by atoms with Crippen LogP contribution in [0.4, 0.5) is 0 Å². The molecule has 0 bridgehead atoms. The summed E-state index contributed by atoms with van der Waals surface area (Å²) in [6.07, 6.45) is 20.0. The summed E-state index contributed by atoms with van der Waals surface area (Å²) in [5.74, 6) is 2.05. The maximum absolute atomic E-state index is 12.3. The molecule has 0 unspecified atom stereocenters. The molecule has 4 nitrogen and oxygen atoms in total. The van der Waals surface area contributed by atoms with E-state index in [1.807, 2.05) is 6.08 Å². The number of hydrogen-bond acceptors (Lipinski definition) is 3. The van der Waals surface area contributed by atoms with Gasteiger partial charge in [0.15, 0.2) is 0 Å². The van der Waals surface area contributed by atoms with Gasteiger partial charge >= 0.3 is 0 Å². The van der Waals surface area contributed by atoms with Gasteiger partial charge < -0.3 is 15.1 Å². The zero-order chi connectivity index (χ0) is 20.9. The summed E-state index contributed by atoms with van der Waals surface area (Å²) in [7, 11) is 0. The normalized spacial score (nSPS) is 34.9. The average molecular weight is 416 g/mol. The van der Waals surface area contributed by atoms with Crippen LogP contribution in [0, 0.1) is 23.7 Å². The van der Waals surface area contributed by atoms with Crippen molar-refractivity contribution in [3.05, 3.63) is 23.8 Å². The molecule has 2 N–H and O–H groups in total. The minimum Gasteiger partial charge on any atom is -0.392 e. The minimum atomic E-state index is -0.340. The van der Waals surface area contributed by atoms with Crippen LogP contribution in [-0.4, -0.2) is 46.3 Å². The molecule has 168 valence electrons. The van der Waals surface area contributed by atoms with E-state index in [4.69, 9.17) is 0 Å². The lowest BCUT2D eigenvalue weighted by molar-refractivity contribution is -0.132. The Morgan fingerprint density at radius 3 is 2.63 bits per heavy atom. The molecule has 30 heavy (non-hydrogen) atoms. The highest BCUT2D eigenvalue weighted by atomic mass is 16.3. The molecule has 1 heterocycles. The Kier molecular flexibility index (Phi) is 7.69. The predicted molar refractivity (Wildman–Crippen MR) is 120 cm³/mol. The van der Waals surface area contributed by atoms with Crippen molar-refractivity contribution in [3.8, 4) is 0 Å². The fourth-order valence-corrected chi connectivity index (χ4v) is 6.50. The molecule has 0 spiro atoms. The SMILES string of the molecule is O=C(CCCC=C1C[C@H]2C[C@@H](O)[C@H](C=C[C@@H](O)C3CCCC3)[C@H]2C1)N1CCCCC1. The first-order valence-corrected chi connectivity index (χ1v) is 12.6. The number of aliphatic hydroxyl groups is 2. The van der Waals surface area contributed by atoms with E-state index < -0.39 is 0 Å². The number of amides is 1. The van der Waals surface area contributed by atoms with Crippen LogP contribution in [0.2, 0.25) is 0 Å². The maximum Gasteiger partial charge on any atom is 0.222 e. The average Bonchev–Trinajstić information content (AvgIpc) is 3.47. The van der Waals surface area contributed by atoms with Crippen molar-refractivity contribution in [3.63, 3.8) is 0 Å². The van der Waals surface area contributed by atoms with E-state index in [0.29, 0.717) is 30.1 Å². The summed E-state index contributed by atoms with van der Waals surface area (Å²) < 4.78 is 0. The van der Waals surface area contributed by atoms with E-state index in [2.05, 4.69) is 17.1 Å². The Balaban J connectivity index is 1.22. The minimum absolute atomic E-state index is 0.192. The molecule has 0 radical (unpaired) electrons. The van der Waals surface area contributed by atoms with Gasteiger partial charge in [0.2, 0.25) is 5.91 Å². The number of carbonyl (C=O) groups is 1. The van der Waals surface area contributed by atoms with Crippen LogP contribution < -0.4 is 0 Å². The highest BCUT2D eigenvalue weighted by molar-refractivity contribution is 5.76. The Labute approximate surface area is 182 Å². The van der Waals surface area contributed by atoms with Crippen LogP contribution in [-0.2, 0) is 4.79 Å². The van der Waals surface area contributed by atoms with Crippen LogP contribution in [0.5, 0.6) is 0 Å². The third-order valence-electron chi connectivity index (χ3n) is 8.26. The summed E-state index contributed by atoms with van der Waals surface area (Å²) in [4.78, 5) is 14.4. The summed E-state index contributed by atoms with van der Waals surface area (Å²) in [6.45, 7) is 1.91. The second kappa shape index (κ2) is 10.5. The third-order valence-corrected chi connectivity index (χ3v) is 8.26. The van der Waals surface area contributed by atoms with Crippen molar-refractivity contribution in [1.82, 2.24) is 4.90 Å². The largest absolute Gasteiger partial charge is 0.392 e. The quantitative estimate of drug-likeness (QED) is 0.471. The fourth-order valence-electron chi connectivity index (χ4n) is 6.50. The number of carbonyl (C=O) groups excluding carboxylic acids is 1. The smallest absolute Gasteiger partial charge is 0.222 e. The first kappa shape index (κ1) is 22.1. The second-order valence-corrected chi connectivity index (χ2v) is 10.3. The topological polar surface area (TPSA) is 60.8 Å². The summed E-state index contributed by atoms with van der Waals surface area (Å²) in [5.41, 5.74) is 1.53. The number of piperidine rings is 1. The second-order valence-electron chi connectivity index (χ2n) is 10.3. The van der Waals surface area contributed by atoms with E-state index in [1.165, 1.54) is 24.8 Å². The Morgan fingerprint density at radius 1 is 1.10 bits per heavy atom. The molecule has 0 aromatic heterocycles. The first-order valence-electron chi connectivity index (χ1n) is 12.6. The molecule has 1 aliphatic heterocycles. The van der Waals surface area contributed by atoms with Crippen LogP contribution in [0.3, 0.4) is 0 Å². The lowest BCUT2D eigenvalue weighted by Gasteiger charge is -2.26. The van der Waals surface area contributed by atoms with Crippen LogP contribution in [0.1, 0.15) is 83.5 Å². The Bertz CT molecular complexity index is 630. The van der Waals surface area contributed by atoms with Crippen LogP contribution >= 0.6 is 0 Å². The monoisotopic (exact) mass is 415 g/mol. The van der Waals surface area contributed by atoms with Gasteiger partial charge in [-0.2, -0.15) is 0 Å². The first-order chi connectivity index (χ1) is 14.6. The van der Waals surface area contributed by atoms with Gasteiger partial charge in [-0.25, -0.2) is 0 Å². The summed E-state index contributed by atoms with van der Waals surface area (Å²) >= 11 is 0. The van der Waals surface area contributed by atoms with E-state index in [9.17, 15) is 15.0 Å². The third kappa shape index (κ3) is 5.37. The maximum atomic E-state index is 12.3. The van der Waals surface area contributed by atoms with E-state index in [1.54, 1.807) is 0 Å². The van der Waals surface area contributed by atoms with Gasteiger partial charge in [-0.3, -0.25) is 4.79 Å². The molecule has 0 aromatic carbocycles. The molecule has 4 aliphatic rings. The molecule has 1 saturated heterocycles. The van der Waals surface area contributed by atoms with Gasteiger partial charge in [-0.05, 0) is 82.0 Å². The molecule has 4 heteroatoms. The number of fused-ring (bicyclic) bond motifs is 1. The number of unbranched alkanes of at least 4 members (excludes halogenated alkanes) is 1. The van der Waals surface area contributed by atoms with Gasteiger partial charge in [-0.1, -0.05) is 36.6 Å². The van der Waals surface area contributed by atoms with Crippen molar-refractivity contribution in [2.75, 3.05) is 13.1 Å². The Hall–Kier alpha value is -1.13. The molecule has 4 rings (SSSR count). The van der Waals surface area contributed by atoms with Crippen molar-refractivity contribution in [2.45, 2.75) is 95.7 Å². The molecular weight excluding hydrogens is 374 g/mol. The molecule has 0 aromatic rings. The zero-order valence-electron chi connectivity index (χ0n) is 18.6. The lowest BCUT2D eigenvalue weighted by atomic mass is 9.89. The van der Waals surface area contributed by atoms with Crippen molar-refractivity contribution in [2.24, 2.45) is 23.7 Å². The Morgan fingerprint density at radius 2 is 1.87 bits per heavy atom. The van der Waals surface area contributed by atoms with E-state index >= 15 is 0 Å². The lowest BCUT2D eigenvalue weighted by Crippen LogP contribution is -2.35. The molecule has 1 amide bonds. The zero-order valence-corrected chi connectivity index (χ0v) is 18.6. The molecule has 4 fully saturated rings. The van der Waals surface area contributed by atoms with Gasteiger partial charge in [0.25, 0.3) is 0 Å². The standard InChI is InChI=1S/C26H41NO3/c28-24(20-9-3-4-10-20)13-12-22-23-17-19(16-21(23)18-25(22)29)8-2-5-11-26(30)27-14-6-1-7-15-27/h8,12-13,20-25,28-29H,1-7,9-11,14-18H2/t21-,22+,23-,24+,25+/m0/s1. The van der Waals surface area contributed by atoms with Crippen molar-refractivity contribution in [1.29, 1.82) is 0 Å². The van der Waals surface area contributed by atoms with Gasteiger partial charge in [-0.15, -0.1) is 0 Å². The highest BCUT2D eigenvalue weighted by Gasteiger charge is 2.45. The van der Waals surface area contributed by atoms with Gasteiger partial charge in [0, 0.05) is 25.4 Å². The molecule has 5 atom stereocenters. The predicted octanol–water partition coefficient (Wildman–Crippen LogP) is 4.61. The summed E-state index contributed by atoms with van der Waals surface area (Å²) in [6, 6.07) is 0. The van der Waals surface area contributed by atoms with Gasteiger partial charge in [0.1, 0.15) is 0 Å². The van der Waals surface area contributed by atoms with E-state index in [0.717, 1.165) is 70.9 Å². The molecular formula is C26H41NO3. The van der Waals surface area contributed by atoms with Gasteiger partial charge in [0.05, 0.1) is 12.2 Å². The van der Waals surface area contributed by atoms with Crippen LogP contribution in [0.25, 0.3) is 0 Å². The number of likely N-dealkylation sites (tertiary alicyclic amines) is 1. The molecule has 3 aliphatic carbocycles. The number of nitrogens with zero attached hydrogens (tertiary/aromatic N) is 1. The van der Waals surface area contributed by atoms with Crippen molar-refractivity contribution < 1.29 is 15.0 Å². The number of aliphatic hydroxyl groups excluding tert-OH is 2. The highest BCUT2D eigenvalue weighted by Crippen LogP contribution is 2.50. The van der Waals surface area contributed by atoms with Crippen LogP contribution in [0.15, 0.2) is 23.8 Å². The van der Waals surface area contributed by atoms with E-state index in [-0.39, 0.29) is 18.1 Å². The number of rotatable bonds is 7. The number of allylic oxidation sites excluding steroid dienone is 2.